The van der Waals surface area contributed by atoms with E-state index in [2.05, 4.69) is 21.2 Å². The Hall–Kier alpha value is -1.03. The van der Waals surface area contributed by atoms with Crippen LogP contribution in [0.4, 0.5) is 10.5 Å². The van der Waals surface area contributed by atoms with Gasteiger partial charge in [-0.1, -0.05) is 6.07 Å². The minimum atomic E-state index is -0.0189. The van der Waals surface area contributed by atoms with Gasteiger partial charge in [0, 0.05) is 17.6 Å². The van der Waals surface area contributed by atoms with Crippen molar-refractivity contribution in [1.29, 1.82) is 0 Å². The monoisotopic (exact) mass is 254 g/mol. The van der Waals surface area contributed by atoms with Gasteiger partial charge in [0.1, 0.15) is 0 Å². The molecule has 2 rings (SSSR count). The lowest BCUT2D eigenvalue weighted by Gasteiger charge is -2.16. The number of carbonyl (C=O) groups is 1. The van der Waals surface area contributed by atoms with Crippen molar-refractivity contribution in [1.82, 2.24) is 5.32 Å². The van der Waals surface area contributed by atoms with Gasteiger partial charge < -0.3 is 5.32 Å². The number of hydrogen-bond donors (Lipinski definition) is 1. The maximum Gasteiger partial charge on any atom is 0.322 e. The third-order valence-electron chi connectivity index (χ3n) is 2.25. The summed E-state index contributed by atoms with van der Waals surface area (Å²) in [5, 5.41) is 2.78. The second-order valence-corrected chi connectivity index (χ2v) is 4.19. The lowest BCUT2D eigenvalue weighted by Crippen LogP contribution is -2.27. The van der Waals surface area contributed by atoms with Crippen molar-refractivity contribution < 1.29 is 4.79 Å². The van der Waals surface area contributed by atoms with Gasteiger partial charge in [-0.15, -0.1) is 0 Å². The molecule has 0 saturated carbocycles. The molecule has 1 fully saturated rings. The van der Waals surface area contributed by atoms with Gasteiger partial charge in [0.2, 0.25) is 0 Å². The van der Waals surface area contributed by atoms with Crippen LogP contribution >= 0.6 is 15.9 Å². The number of anilines is 1. The minimum absolute atomic E-state index is 0.0189. The van der Waals surface area contributed by atoms with Crippen LogP contribution in [0.2, 0.25) is 0 Å². The van der Waals surface area contributed by atoms with Crippen LogP contribution in [0.3, 0.4) is 0 Å². The second-order valence-electron chi connectivity index (χ2n) is 3.34. The van der Waals surface area contributed by atoms with Crippen LogP contribution in [0.1, 0.15) is 5.56 Å². The fourth-order valence-electron chi connectivity index (χ4n) is 1.53. The van der Waals surface area contributed by atoms with Crippen molar-refractivity contribution in [3.63, 3.8) is 0 Å². The number of aryl methyl sites for hydroxylation is 1. The van der Waals surface area contributed by atoms with E-state index in [1.165, 1.54) is 5.56 Å². The minimum Gasteiger partial charge on any atom is -0.336 e. The summed E-state index contributed by atoms with van der Waals surface area (Å²) in [7, 11) is 0. The second kappa shape index (κ2) is 3.61. The quantitative estimate of drug-likeness (QED) is 0.820. The van der Waals surface area contributed by atoms with Gasteiger partial charge in [0.25, 0.3) is 0 Å². The molecule has 0 atom stereocenters. The predicted octanol–water partition coefficient (Wildman–Crippen LogP) is 2.29. The number of nitrogens with zero attached hydrogens (tertiary/aromatic N) is 1. The first kappa shape index (κ1) is 9.52. The molecule has 1 aliphatic heterocycles. The van der Waals surface area contributed by atoms with Gasteiger partial charge >= 0.3 is 6.03 Å². The number of amides is 2. The first-order valence-electron chi connectivity index (χ1n) is 4.50. The first-order valence-corrected chi connectivity index (χ1v) is 5.29. The molecule has 1 N–H and O–H groups in total. The molecule has 0 radical (unpaired) electrons. The smallest absolute Gasteiger partial charge is 0.322 e. The van der Waals surface area contributed by atoms with E-state index in [0.29, 0.717) is 0 Å². The van der Waals surface area contributed by atoms with Gasteiger partial charge in [-0.05, 0) is 40.5 Å². The predicted molar refractivity (Wildman–Crippen MR) is 59.6 cm³/mol. The average Bonchev–Trinajstić information content (AvgIpc) is 2.52. The largest absolute Gasteiger partial charge is 0.336 e. The zero-order valence-corrected chi connectivity index (χ0v) is 9.47. The zero-order chi connectivity index (χ0) is 10.1. The molecule has 0 spiro atoms. The maximum absolute atomic E-state index is 11.4. The van der Waals surface area contributed by atoms with E-state index in [1.807, 2.05) is 25.1 Å². The molecule has 1 saturated heterocycles. The van der Waals surface area contributed by atoms with Crippen LogP contribution < -0.4 is 10.2 Å². The highest BCUT2D eigenvalue weighted by atomic mass is 79.9. The molecule has 0 aromatic heterocycles. The Morgan fingerprint density at radius 1 is 1.50 bits per heavy atom. The fraction of sp³-hybridized carbons (Fsp3) is 0.300. The third-order valence-corrected chi connectivity index (χ3v) is 2.89. The highest BCUT2D eigenvalue weighted by Crippen LogP contribution is 2.28. The normalized spacial score (nSPS) is 15.9. The van der Waals surface area contributed by atoms with Crippen molar-refractivity contribution >= 4 is 27.6 Å². The Morgan fingerprint density at radius 3 is 2.86 bits per heavy atom. The Balaban J connectivity index is 2.36. The molecular formula is C10H11BrN2O. The summed E-state index contributed by atoms with van der Waals surface area (Å²) in [6.07, 6.45) is 0. The zero-order valence-electron chi connectivity index (χ0n) is 7.88. The van der Waals surface area contributed by atoms with Crippen molar-refractivity contribution in [3.05, 3.63) is 28.2 Å². The van der Waals surface area contributed by atoms with Gasteiger partial charge in [-0.2, -0.15) is 0 Å². The molecule has 1 aliphatic rings. The molecule has 3 nitrogen and oxygen atoms in total. The highest BCUT2D eigenvalue weighted by molar-refractivity contribution is 9.10. The van der Waals surface area contributed by atoms with E-state index in [4.69, 9.17) is 0 Å². The van der Waals surface area contributed by atoms with E-state index in [1.54, 1.807) is 4.90 Å². The summed E-state index contributed by atoms with van der Waals surface area (Å²) in [4.78, 5) is 13.1. The molecule has 0 aliphatic carbocycles. The van der Waals surface area contributed by atoms with Crippen LogP contribution in [0.25, 0.3) is 0 Å². The van der Waals surface area contributed by atoms with Crippen molar-refractivity contribution in [2.24, 2.45) is 0 Å². The Labute approximate surface area is 91.2 Å². The van der Waals surface area contributed by atoms with Crippen LogP contribution in [0, 0.1) is 6.92 Å². The number of halogens is 1. The summed E-state index contributed by atoms with van der Waals surface area (Å²) in [6, 6.07) is 5.96. The summed E-state index contributed by atoms with van der Waals surface area (Å²) in [5.41, 5.74) is 2.12. The van der Waals surface area contributed by atoms with Gasteiger partial charge in [-0.3, -0.25) is 4.90 Å². The number of benzene rings is 1. The molecule has 74 valence electrons. The maximum atomic E-state index is 11.4. The van der Waals surface area contributed by atoms with Crippen molar-refractivity contribution in [2.45, 2.75) is 6.92 Å². The number of rotatable bonds is 1. The Kier molecular flexibility index (Phi) is 2.46. The average molecular weight is 255 g/mol. The molecule has 2 amide bonds. The lowest BCUT2D eigenvalue weighted by atomic mass is 10.2. The molecule has 1 aromatic rings. The summed E-state index contributed by atoms with van der Waals surface area (Å²) >= 11 is 3.46. The molecule has 0 unspecified atom stereocenters. The van der Waals surface area contributed by atoms with E-state index in [-0.39, 0.29) is 6.03 Å². The highest BCUT2D eigenvalue weighted by Gasteiger charge is 2.22. The van der Waals surface area contributed by atoms with Crippen LogP contribution in [0.15, 0.2) is 22.7 Å². The van der Waals surface area contributed by atoms with Crippen molar-refractivity contribution in [2.75, 3.05) is 18.0 Å². The molecule has 0 bridgehead atoms. The Morgan fingerprint density at radius 2 is 2.29 bits per heavy atom. The standard InChI is InChI=1S/C10H11BrN2O/c1-7-2-3-9(8(11)6-7)13-5-4-12-10(13)14/h2-3,6H,4-5H2,1H3,(H,12,14). The van der Waals surface area contributed by atoms with Gasteiger partial charge in [0.05, 0.1) is 5.69 Å². The van der Waals surface area contributed by atoms with Crippen molar-refractivity contribution in [3.8, 4) is 0 Å². The van der Waals surface area contributed by atoms with E-state index >= 15 is 0 Å². The number of urea groups is 1. The topological polar surface area (TPSA) is 32.3 Å². The molecule has 14 heavy (non-hydrogen) atoms. The van der Waals surface area contributed by atoms with Gasteiger partial charge in [0.15, 0.2) is 0 Å². The van der Waals surface area contributed by atoms with Crippen LogP contribution in [-0.2, 0) is 0 Å². The van der Waals surface area contributed by atoms with E-state index in [9.17, 15) is 4.79 Å². The number of nitrogens with one attached hydrogen (secondary N) is 1. The van der Waals surface area contributed by atoms with E-state index in [0.717, 1.165) is 23.2 Å². The Bertz CT molecular complexity index is 378. The molecule has 1 aromatic carbocycles. The SMILES string of the molecule is Cc1ccc(N2CCNC2=O)c(Br)c1. The summed E-state index contributed by atoms with van der Waals surface area (Å²) in [6.45, 7) is 3.48. The van der Waals surface area contributed by atoms with Crippen LogP contribution in [-0.4, -0.2) is 19.1 Å². The molecule has 1 heterocycles. The van der Waals surface area contributed by atoms with E-state index < -0.39 is 0 Å². The molecule has 4 heteroatoms. The summed E-state index contributed by atoms with van der Waals surface area (Å²) in [5.74, 6) is 0. The number of hydrogen-bond acceptors (Lipinski definition) is 1. The summed E-state index contributed by atoms with van der Waals surface area (Å²) < 4.78 is 0.967. The first-order chi connectivity index (χ1) is 6.68. The number of carbonyl (C=O) groups excluding carboxylic acids is 1. The fourth-order valence-corrected chi connectivity index (χ4v) is 2.24. The van der Waals surface area contributed by atoms with Crippen LogP contribution in [0.5, 0.6) is 0 Å². The van der Waals surface area contributed by atoms with Gasteiger partial charge in [-0.25, -0.2) is 4.79 Å². The lowest BCUT2D eigenvalue weighted by molar-refractivity contribution is 0.252. The molecular weight excluding hydrogens is 244 g/mol. The third kappa shape index (κ3) is 1.62.